The van der Waals surface area contributed by atoms with Crippen LogP contribution in [0.1, 0.15) is 49.8 Å². The van der Waals surface area contributed by atoms with Crippen molar-refractivity contribution in [3.05, 3.63) is 59.7 Å². The van der Waals surface area contributed by atoms with Gasteiger partial charge in [-0.2, -0.15) is 31.4 Å². The van der Waals surface area contributed by atoms with Crippen LogP contribution in [0, 0.1) is 5.41 Å². The Balaban J connectivity index is 1.46. The number of rotatable bonds is 9. The van der Waals surface area contributed by atoms with Gasteiger partial charge < -0.3 is 19.3 Å². The Bertz CT molecular complexity index is 1450. The lowest BCUT2D eigenvalue weighted by Crippen LogP contribution is -2.48. The summed E-state index contributed by atoms with van der Waals surface area (Å²) in [7, 11) is 1.74. The van der Waals surface area contributed by atoms with E-state index in [0.717, 1.165) is 12.0 Å². The van der Waals surface area contributed by atoms with Gasteiger partial charge in [0, 0.05) is 55.9 Å². The highest BCUT2D eigenvalue weighted by atomic mass is 19.4. The molecule has 9 nitrogen and oxygen atoms in total. The van der Waals surface area contributed by atoms with Gasteiger partial charge >= 0.3 is 18.4 Å². The van der Waals surface area contributed by atoms with Gasteiger partial charge in [-0.15, -0.1) is 0 Å². The fourth-order valence-corrected chi connectivity index (χ4v) is 5.67. The number of ether oxygens (including phenoxy) is 2. The van der Waals surface area contributed by atoms with E-state index in [1.54, 1.807) is 33.9 Å². The average Bonchev–Trinajstić information content (AvgIpc) is 3.61. The summed E-state index contributed by atoms with van der Waals surface area (Å²) < 4.78 is 94.6. The summed E-state index contributed by atoms with van der Waals surface area (Å²) in [4.78, 5) is 25.3. The highest BCUT2D eigenvalue weighted by Gasteiger charge is 2.43. The summed E-state index contributed by atoms with van der Waals surface area (Å²) in [6.45, 7) is 4.82. The van der Waals surface area contributed by atoms with Crippen molar-refractivity contribution in [2.75, 3.05) is 31.3 Å². The van der Waals surface area contributed by atoms with E-state index < -0.39 is 35.6 Å². The Kier molecular flexibility index (Phi) is 9.02. The van der Waals surface area contributed by atoms with Gasteiger partial charge in [-0.05, 0) is 43.0 Å². The summed E-state index contributed by atoms with van der Waals surface area (Å²) in [5, 5.41) is 4.12. The predicted octanol–water partition coefficient (Wildman–Crippen LogP) is 6.34. The molecule has 0 bridgehead atoms. The number of hydrogen-bond acceptors (Lipinski definition) is 7. The van der Waals surface area contributed by atoms with E-state index in [4.69, 9.17) is 9.47 Å². The van der Waals surface area contributed by atoms with E-state index in [2.05, 4.69) is 15.1 Å². The summed E-state index contributed by atoms with van der Waals surface area (Å²) in [5.74, 6) is 0.0974. The topological polar surface area (TPSA) is 85.6 Å². The van der Waals surface area contributed by atoms with Crippen molar-refractivity contribution in [2.45, 2.75) is 64.1 Å². The maximum atomic E-state index is 13.7. The first-order chi connectivity index (χ1) is 21.2. The summed E-state index contributed by atoms with van der Waals surface area (Å²) in [5.41, 5.74) is -1.92. The number of carbonyl (C=O) groups is 1. The fraction of sp³-hybridized carbons (Fsp3) is 0.533. The molecule has 0 N–H and O–H groups in total. The molecule has 2 aromatic heterocycles. The molecule has 0 saturated carbocycles. The third kappa shape index (κ3) is 7.18. The number of aryl methyl sites for hydroxylation is 1. The largest absolute Gasteiger partial charge is 0.449 e. The lowest BCUT2D eigenvalue weighted by Gasteiger charge is -2.40. The number of anilines is 1. The number of amides is 1. The summed E-state index contributed by atoms with van der Waals surface area (Å²) in [6, 6.07) is 0.707. The fourth-order valence-electron chi connectivity index (χ4n) is 5.67. The SMILES string of the molecule is CC[C@@H]1C[C@H](N(Cc2cc(C(F)(F)F)cc(C(F)(F)F)c2)c2ncc(-c3cnn(C)c3)cn2)CN1C(=O)OCC1(CC)COC1. The molecule has 45 heavy (non-hydrogen) atoms. The Morgan fingerprint density at radius 3 is 2.16 bits per heavy atom. The monoisotopic (exact) mass is 640 g/mol. The van der Waals surface area contributed by atoms with E-state index >= 15 is 0 Å². The molecule has 4 heterocycles. The minimum Gasteiger partial charge on any atom is -0.449 e. The molecular weight excluding hydrogens is 606 g/mol. The van der Waals surface area contributed by atoms with Gasteiger partial charge in [-0.3, -0.25) is 4.68 Å². The summed E-state index contributed by atoms with van der Waals surface area (Å²) >= 11 is 0. The van der Waals surface area contributed by atoms with E-state index in [0.29, 0.717) is 43.8 Å². The van der Waals surface area contributed by atoms with Crippen LogP contribution >= 0.6 is 0 Å². The molecular formula is C30H34F6N6O3. The molecule has 0 aliphatic carbocycles. The number of carbonyl (C=O) groups excluding carboxylic acids is 1. The smallest absolute Gasteiger partial charge is 0.416 e. The predicted molar refractivity (Wildman–Crippen MR) is 151 cm³/mol. The van der Waals surface area contributed by atoms with Crippen molar-refractivity contribution in [3.63, 3.8) is 0 Å². The molecule has 2 aliphatic rings. The van der Waals surface area contributed by atoms with Gasteiger partial charge in [0.1, 0.15) is 6.61 Å². The first kappa shape index (κ1) is 32.5. The van der Waals surface area contributed by atoms with E-state index in [9.17, 15) is 31.1 Å². The van der Waals surface area contributed by atoms with E-state index in [-0.39, 0.29) is 48.7 Å². The molecule has 2 saturated heterocycles. The van der Waals surface area contributed by atoms with Gasteiger partial charge in [-0.25, -0.2) is 14.8 Å². The zero-order chi connectivity index (χ0) is 32.6. The number of benzene rings is 1. The van der Waals surface area contributed by atoms with Crippen molar-refractivity contribution in [2.24, 2.45) is 12.5 Å². The molecule has 5 rings (SSSR count). The van der Waals surface area contributed by atoms with Crippen molar-refractivity contribution < 1.29 is 40.6 Å². The lowest BCUT2D eigenvalue weighted by molar-refractivity contribution is -0.143. The maximum absolute atomic E-state index is 13.7. The van der Waals surface area contributed by atoms with Gasteiger partial charge in [0.25, 0.3) is 0 Å². The zero-order valence-corrected chi connectivity index (χ0v) is 25.0. The van der Waals surface area contributed by atoms with Crippen LogP contribution in [-0.4, -0.2) is 69.2 Å². The highest BCUT2D eigenvalue weighted by Crippen LogP contribution is 2.38. The van der Waals surface area contributed by atoms with Gasteiger partial charge in [-0.1, -0.05) is 13.8 Å². The molecule has 2 atom stereocenters. The second kappa shape index (κ2) is 12.5. The molecule has 2 aliphatic heterocycles. The molecule has 15 heteroatoms. The molecule has 1 aromatic carbocycles. The summed E-state index contributed by atoms with van der Waals surface area (Å²) in [6.07, 6.45) is -2.41. The number of hydrogen-bond donors (Lipinski definition) is 0. The van der Waals surface area contributed by atoms with Crippen LogP contribution in [0.3, 0.4) is 0 Å². The van der Waals surface area contributed by atoms with Crippen molar-refractivity contribution in [3.8, 4) is 11.1 Å². The van der Waals surface area contributed by atoms with Crippen LogP contribution in [0.2, 0.25) is 0 Å². The molecule has 0 spiro atoms. The number of alkyl halides is 6. The van der Waals surface area contributed by atoms with Crippen LogP contribution in [-0.2, 0) is 35.4 Å². The molecule has 1 amide bonds. The van der Waals surface area contributed by atoms with Crippen LogP contribution in [0.4, 0.5) is 37.1 Å². The lowest BCUT2D eigenvalue weighted by atomic mass is 9.84. The number of nitrogens with zero attached hydrogens (tertiary/aromatic N) is 6. The molecule has 244 valence electrons. The standard InChI is InChI=1S/C30H34F6N6O3/c1-4-24-9-25(15-42(24)27(43)45-18-28(5-2)16-44-17-28)41(26-37-10-20(11-38-26)21-12-39-40(3)14-21)13-19-6-22(29(31,32)33)8-23(7-19)30(34,35)36/h6-8,10-12,14,24-25H,4-5,9,13,15-18H2,1-3H3/t24-,25+/m1/s1. The number of halogens is 6. The Morgan fingerprint density at radius 2 is 1.67 bits per heavy atom. The highest BCUT2D eigenvalue weighted by molar-refractivity contribution is 5.69. The van der Waals surface area contributed by atoms with Crippen LogP contribution in [0.15, 0.2) is 43.0 Å². The average molecular weight is 641 g/mol. The quantitative estimate of drug-likeness (QED) is 0.253. The van der Waals surface area contributed by atoms with Crippen LogP contribution in [0.25, 0.3) is 11.1 Å². The Morgan fingerprint density at radius 1 is 1.02 bits per heavy atom. The normalized spacial score (nSPS) is 19.8. The molecule has 2 fully saturated rings. The first-order valence-corrected chi connectivity index (χ1v) is 14.6. The zero-order valence-electron chi connectivity index (χ0n) is 25.0. The van der Waals surface area contributed by atoms with E-state index in [1.807, 2.05) is 13.8 Å². The second-order valence-electron chi connectivity index (χ2n) is 11.7. The number of likely N-dealkylation sites (tertiary alicyclic amines) is 1. The third-order valence-corrected chi connectivity index (χ3v) is 8.54. The minimum atomic E-state index is -4.99. The van der Waals surface area contributed by atoms with Crippen molar-refractivity contribution in [1.29, 1.82) is 0 Å². The molecule has 0 radical (unpaired) electrons. The Hall–Kier alpha value is -3.88. The van der Waals surface area contributed by atoms with Crippen molar-refractivity contribution in [1.82, 2.24) is 24.6 Å². The molecule has 3 aromatic rings. The maximum Gasteiger partial charge on any atom is 0.416 e. The third-order valence-electron chi connectivity index (χ3n) is 8.54. The first-order valence-electron chi connectivity index (χ1n) is 14.6. The van der Waals surface area contributed by atoms with Gasteiger partial charge in [0.05, 0.1) is 42.0 Å². The minimum absolute atomic E-state index is 0.0974. The Labute approximate surface area is 256 Å². The molecule has 0 unspecified atom stereocenters. The van der Waals surface area contributed by atoms with Crippen LogP contribution in [0.5, 0.6) is 0 Å². The van der Waals surface area contributed by atoms with Crippen LogP contribution < -0.4 is 4.90 Å². The second-order valence-corrected chi connectivity index (χ2v) is 11.7. The van der Waals surface area contributed by atoms with E-state index in [1.165, 1.54) is 12.4 Å². The number of aromatic nitrogens is 4. The van der Waals surface area contributed by atoms with Gasteiger partial charge in [0.15, 0.2) is 0 Å². The van der Waals surface area contributed by atoms with Gasteiger partial charge in [0.2, 0.25) is 5.95 Å². The van der Waals surface area contributed by atoms with Crippen molar-refractivity contribution >= 4 is 12.0 Å².